The maximum Gasteiger partial charge on any atom is 0.340 e. The maximum atomic E-state index is 11.3. The number of benzene rings is 1. The molecule has 0 N–H and O–H groups in total. The Balaban J connectivity index is 2.69. The van der Waals surface area contributed by atoms with E-state index in [9.17, 15) is 14.9 Å². The highest BCUT2D eigenvalue weighted by molar-refractivity contribution is 5.76. The first-order chi connectivity index (χ1) is 7.54. The molecule has 0 aliphatic rings. The average molecular weight is 225 g/mol. The molecular formula is C10H11NO5. The quantitative estimate of drug-likeness (QED) is 0.336. The van der Waals surface area contributed by atoms with E-state index in [1.807, 2.05) is 0 Å². The average Bonchev–Trinajstić information content (AvgIpc) is 2.28. The normalized spacial score (nSPS) is 11.9. The molecule has 1 aromatic rings. The lowest BCUT2D eigenvalue weighted by Gasteiger charge is -2.08. The fourth-order valence-corrected chi connectivity index (χ4v) is 0.931. The second kappa shape index (κ2) is 5.22. The summed E-state index contributed by atoms with van der Waals surface area (Å²) in [4.78, 5) is 21.1. The Kier molecular flexibility index (Phi) is 3.96. The Morgan fingerprint density at radius 1 is 1.38 bits per heavy atom. The number of esters is 1. The monoisotopic (exact) mass is 225 g/mol. The molecule has 0 fully saturated rings. The number of nitro groups is 1. The maximum absolute atomic E-state index is 11.3. The number of hydrogen-bond acceptors (Lipinski definition) is 5. The molecule has 0 radical (unpaired) electrons. The van der Waals surface area contributed by atoms with Gasteiger partial charge in [-0.25, -0.2) is 4.79 Å². The van der Waals surface area contributed by atoms with Crippen LogP contribution in [0.1, 0.15) is 6.92 Å². The Morgan fingerprint density at radius 2 is 1.94 bits per heavy atom. The van der Waals surface area contributed by atoms with Crippen LogP contribution in [0.5, 0.6) is 5.75 Å². The van der Waals surface area contributed by atoms with E-state index < -0.39 is 17.0 Å². The van der Waals surface area contributed by atoms with Gasteiger partial charge in [0.1, 0.15) is 5.75 Å². The Labute approximate surface area is 91.9 Å². The SMILES string of the molecule is CO[C@@H](C)C(=O)Oc1ccc([N+](=O)[O-])cc1. The Bertz CT molecular complexity index is 387. The van der Waals surface area contributed by atoms with E-state index in [2.05, 4.69) is 0 Å². The molecular weight excluding hydrogens is 214 g/mol. The molecule has 1 atom stereocenters. The van der Waals surface area contributed by atoms with Crippen molar-refractivity contribution in [3.8, 4) is 5.75 Å². The third-order valence-corrected chi connectivity index (χ3v) is 1.95. The van der Waals surface area contributed by atoms with Crippen LogP contribution in [0.15, 0.2) is 24.3 Å². The molecule has 0 aliphatic heterocycles. The lowest BCUT2D eigenvalue weighted by Crippen LogP contribution is -2.24. The lowest BCUT2D eigenvalue weighted by atomic mass is 10.3. The second-order valence-electron chi connectivity index (χ2n) is 3.05. The first-order valence-corrected chi connectivity index (χ1v) is 4.53. The molecule has 0 amide bonds. The number of ether oxygens (including phenoxy) is 2. The number of carbonyl (C=O) groups is 1. The van der Waals surface area contributed by atoms with E-state index in [-0.39, 0.29) is 11.4 Å². The van der Waals surface area contributed by atoms with Crippen molar-refractivity contribution in [1.29, 1.82) is 0 Å². The van der Waals surface area contributed by atoms with Crippen LogP contribution in [0.2, 0.25) is 0 Å². The van der Waals surface area contributed by atoms with Crippen LogP contribution in [0.3, 0.4) is 0 Å². The summed E-state index contributed by atoms with van der Waals surface area (Å²) in [6.07, 6.45) is -0.671. The first-order valence-electron chi connectivity index (χ1n) is 4.53. The van der Waals surface area contributed by atoms with Crippen molar-refractivity contribution in [1.82, 2.24) is 0 Å². The summed E-state index contributed by atoms with van der Waals surface area (Å²) < 4.78 is 9.68. The summed E-state index contributed by atoms with van der Waals surface area (Å²) in [5.74, 6) is -0.296. The van der Waals surface area contributed by atoms with Crippen molar-refractivity contribution in [2.75, 3.05) is 7.11 Å². The standard InChI is InChI=1S/C10H11NO5/c1-7(15-2)10(12)16-9-5-3-8(4-6-9)11(13)14/h3-7H,1-2H3/t7-/m0/s1. The zero-order valence-corrected chi connectivity index (χ0v) is 8.88. The second-order valence-corrected chi connectivity index (χ2v) is 3.05. The van der Waals surface area contributed by atoms with E-state index in [0.29, 0.717) is 0 Å². The molecule has 0 spiro atoms. The third-order valence-electron chi connectivity index (χ3n) is 1.95. The van der Waals surface area contributed by atoms with E-state index in [4.69, 9.17) is 9.47 Å². The summed E-state index contributed by atoms with van der Waals surface area (Å²) in [6, 6.07) is 5.25. The number of nitro benzene ring substituents is 1. The van der Waals surface area contributed by atoms with Gasteiger partial charge in [0.25, 0.3) is 5.69 Å². The molecule has 0 heterocycles. The largest absolute Gasteiger partial charge is 0.425 e. The van der Waals surface area contributed by atoms with Gasteiger partial charge in [0.15, 0.2) is 6.10 Å². The predicted molar refractivity (Wildman–Crippen MR) is 55.2 cm³/mol. The highest BCUT2D eigenvalue weighted by Crippen LogP contribution is 2.17. The van der Waals surface area contributed by atoms with Crippen LogP contribution < -0.4 is 4.74 Å². The number of methoxy groups -OCH3 is 1. The number of non-ortho nitro benzene ring substituents is 1. The van der Waals surface area contributed by atoms with Crippen molar-refractivity contribution >= 4 is 11.7 Å². The molecule has 0 unspecified atom stereocenters. The van der Waals surface area contributed by atoms with Gasteiger partial charge in [-0.1, -0.05) is 0 Å². The third kappa shape index (κ3) is 3.03. The van der Waals surface area contributed by atoms with Gasteiger partial charge in [0.2, 0.25) is 0 Å². The smallest absolute Gasteiger partial charge is 0.340 e. The van der Waals surface area contributed by atoms with Gasteiger partial charge in [-0.3, -0.25) is 10.1 Å². The Morgan fingerprint density at radius 3 is 2.38 bits per heavy atom. The van der Waals surface area contributed by atoms with Crippen molar-refractivity contribution in [3.63, 3.8) is 0 Å². The first kappa shape index (κ1) is 12.1. The molecule has 1 rings (SSSR count). The van der Waals surface area contributed by atoms with Crippen molar-refractivity contribution in [3.05, 3.63) is 34.4 Å². The fourth-order valence-electron chi connectivity index (χ4n) is 0.931. The molecule has 6 nitrogen and oxygen atoms in total. The van der Waals surface area contributed by atoms with Crippen LogP contribution in [-0.2, 0) is 9.53 Å². The summed E-state index contributed by atoms with van der Waals surface area (Å²) in [7, 11) is 1.39. The molecule has 86 valence electrons. The van der Waals surface area contributed by atoms with Gasteiger partial charge >= 0.3 is 5.97 Å². The van der Waals surface area contributed by atoms with Crippen LogP contribution >= 0.6 is 0 Å². The van der Waals surface area contributed by atoms with Crippen molar-refractivity contribution in [2.45, 2.75) is 13.0 Å². The van der Waals surface area contributed by atoms with E-state index in [1.165, 1.54) is 31.4 Å². The predicted octanol–water partition coefficient (Wildman–Crippen LogP) is 1.54. The Hall–Kier alpha value is -1.95. The van der Waals surface area contributed by atoms with E-state index >= 15 is 0 Å². The van der Waals surface area contributed by atoms with E-state index in [1.54, 1.807) is 6.92 Å². The van der Waals surface area contributed by atoms with Gasteiger partial charge < -0.3 is 9.47 Å². The van der Waals surface area contributed by atoms with Crippen molar-refractivity contribution in [2.24, 2.45) is 0 Å². The van der Waals surface area contributed by atoms with Gasteiger partial charge in [-0.05, 0) is 19.1 Å². The molecule has 16 heavy (non-hydrogen) atoms. The molecule has 6 heteroatoms. The summed E-state index contributed by atoms with van der Waals surface area (Å²) in [5, 5.41) is 10.4. The highest BCUT2D eigenvalue weighted by atomic mass is 16.6. The number of nitrogens with zero attached hydrogens (tertiary/aromatic N) is 1. The van der Waals surface area contributed by atoms with Gasteiger partial charge in [-0.15, -0.1) is 0 Å². The fraction of sp³-hybridized carbons (Fsp3) is 0.300. The molecule has 0 saturated carbocycles. The lowest BCUT2D eigenvalue weighted by molar-refractivity contribution is -0.384. The van der Waals surface area contributed by atoms with Crippen LogP contribution in [-0.4, -0.2) is 24.1 Å². The molecule has 0 aromatic heterocycles. The minimum atomic E-state index is -0.671. The summed E-state index contributed by atoms with van der Waals surface area (Å²) >= 11 is 0. The topological polar surface area (TPSA) is 78.7 Å². The highest BCUT2D eigenvalue weighted by Gasteiger charge is 2.14. The minimum Gasteiger partial charge on any atom is -0.425 e. The summed E-state index contributed by atoms with van der Waals surface area (Å²) in [6.45, 7) is 1.55. The van der Waals surface area contributed by atoms with Crippen LogP contribution in [0.25, 0.3) is 0 Å². The molecule has 0 aliphatic carbocycles. The number of carbonyl (C=O) groups excluding carboxylic acids is 1. The molecule has 0 bridgehead atoms. The molecule has 1 aromatic carbocycles. The van der Waals surface area contributed by atoms with E-state index in [0.717, 1.165) is 0 Å². The zero-order chi connectivity index (χ0) is 12.1. The van der Waals surface area contributed by atoms with Gasteiger partial charge in [0, 0.05) is 19.2 Å². The van der Waals surface area contributed by atoms with Crippen LogP contribution in [0, 0.1) is 10.1 Å². The van der Waals surface area contributed by atoms with Crippen molar-refractivity contribution < 1.29 is 19.2 Å². The van der Waals surface area contributed by atoms with Gasteiger partial charge in [-0.2, -0.15) is 0 Å². The molecule has 0 saturated heterocycles. The minimum absolute atomic E-state index is 0.0559. The number of hydrogen-bond donors (Lipinski definition) is 0. The van der Waals surface area contributed by atoms with Crippen LogP contribution in [0.4, 0.5) is 5.69 Å². The summed E-state index contributed by atoms with van der Waals surface area (Å²) in [5.41, 5.74) is -0.0559. The number of rotatable bonds is 4. The zero-order valence-electron chi connectivity index (χ0n) is 8.88. The van der Waals surface area contributed by atoms with Gasteiger partial charge in [0.05, 0.1) is 4.92 Å².